The molecular formula is C33H34N4O6. The van der Waals surface area contributed by atoms with Crippen molar-refractivity contribution in [2.24, 2.45) is 7.05 Å². The molecule has 10 nitrogen and oxygen atoms in total. The van der Waals surface area contributed by atoms with Gasteiger partial charge in [0, 0.05) is 93.1 Å². The summed E-state index contributed by atoms with van der Waals surface area (Å²) in [4.78, 5) is 41.9. The lowest BCUT2D eigenvalue weighted by molar-refractivity contribution is 0.0694. The van der Waals surface area contributed by atoms with Crippen LogP contribution in [0, 0.1) is 6.92 Å². The van der Waals surface area contributed by atoms with Gasteiger partial charge in [-0.3, -0.25) is 9.59 Å². The first kappa shape index (κ1) is 29.2. The first-order chi connectivity index (χ1) is 20.4. The molecule has 0 fully saturated rings. The number of hydrogen-bond acceptors (Lipinski definition) is 7. The van der Waals surface area contributed by atoms with E-state index in [0.717, 1.165) is 22.5 Å². The lowest BCUT2D eigenvalue weighted by Crippen LogP contribution is -2.27. The van der Waals surface area contributed by atoms with Crippen LogP contribution in [0.1, 0.15) is 54.7 Å². The summed E-state index contributed by atoms with van der Waals surface area (Å²) in [6, 6.07) is 17.4. The number of aromatic nitrogens is 1. The van der Waals surface area contributed by atoms with Gasteiger partial charge in [0.25, 0.3) is 5.91 Å². The zero-order chi connectivity index (χ0) is 31.2. The lowest BCUT2D eigenvalue weighted by Gasteiger charge is -2.31. The van der Waals surface area contributed by atoms with Crippen LogP contribution in [0.15, 0.2) is 65.5 Å². The minimum atomic E-state index is -1.12. The van der Waals surface area contributed by atoms with Crippen molar-refractivity contribution in [3.8, 4) is 17.2 Å². The minimum Gasteiger partial charge on any atom is -0.503 e. The third-order valence-corrected chi connectivity index (χ3v) is 7.92. The van der Waals surface area contributed by atoms with E-state index >= 15 is 0 Å². The summed E-state index contributed by atoms with van der Waals surface area (Å²) < 4.78 is 8.02. The lowest BCUT2D eigenvalue weighted by atomic mass is 9.79. The molecule has 0 saturated carbocycles. The molecule has 5 rings (SSSR count). The van der Waals surface area contributed by atoms with Crippen molar-refractivity contribution in [3.05, 3.63) is 110 Å². The largest absolute Gasteiger partial charge is 0.503 e. The first-order valence-corrected chi connectivity index (χ1v) is 13.7. The molecule has 43 heavy (non-hydrogen) atoms. The number of aromatic carboxylic acids is 1. The number of aryl methyl sites for hydroxylation is 1. The first-order valence-electron chi connectivity index (χ1n) is 13.7. The molecule has 10 heteroatoms. The van der Waals surface area contributed by atoms with Crippen molar-refractivity contribution in [3.63, 3.8) is 0 Å². The van der Waals surface area contributed by atoms with Crippen molar-refractivity contribution < 1.29 is 24.5 Å². The molecule has 0 radical (unpaired) electrons. The summed E-state index contributed by atoms with van der Waals surface area (Å²) in [5.41, 5.74) is 4.50. The van der Waals surface area contributed by atoms with Crippen LogP contribution in [0.25, 0.3) is 0 Å². The topological polar surface area (TPSA) is 124 Å². The summed E-state index contributed by atoms with van der Waals surface area (Å²) in [7, 11) is 9.41. The van der Waals surface area contributed by atoms with E-state index in [4.69, 9.17) is 4.74 Å². The molecule has 0 spiro atoms. The maximum absolute atomic E-state index is 13.4. The van der Waals surface area contributed by atoms with Crippen LogP contribution in [0.4, 0.5) is 11.4 Å². The van der Waals surface area contributed by atoms with Gasteiger partial charge in [0.15, 0.2) is 5.75 Å². The highest BCUT2D eigenvalue weighted by Crippen LogP contribution is 2.50. The van der Waals surface area contributed by atoms with Gasteiger partial charge in [0.05, 0.1) is 17.8 Å². The Morgan fingerprint density at radius 3 is 2.00 bits per heavy atom. The summed E-state index contributed by atoms with van der Waals surface area (Å²) in [5.74, 6) is -1.37. The summed E-state index contributed by atoms with van der Waals surface area (Å²) in [6.45, 7) is 1.63. The average Bonchev–Trinajstić information content (AvgIpc) is 2.97. The fraction of sp³-hybridized carbons (Fsp3) is 0.242. The molecule has 1 aliphatic heterocycles. The molecule has 3 aromatic carbocycles. The van der Waals surface area contributed by atoms with Crippen molar-refractivity contribution >= 4 is 23.3 Å². The van der Waals surface area contributed by atoms with E-state index in [1.807, 2.05) is 74.4 Å². The SMILES string of the molecule is Cc1cc(=O)c(O)c(CNC(=O)c2ccc(C(=O)O)c(C3c4ccc(N(C)C)cc4Oc4cc(N(C)C)ccc43)c2)n1C. The molecule has 0 bridgehead atoms. The quantitative estimate of drug-likeness (QED) is 0.257. The number of carboxylic acids is 1. The van der Waals surface area contributed by atoms with E-state index in [2.05, 4.69) is 5.32 Å². The van der Waals surface area contributed by atoms with Crippen molar-refractivity contribution in [2.75, 3.05) is 38.0 Å². The summed E-state index contributed by atoms with van der Waals surface area (Å²) >= 11 is 0. The van der Waals surface area contributed by atoms with Crippen LogP contribution in [0.5, 0.6) is 17.2 Å². The van der Waals surface area contributed by atoms with E-state index in [-0.39, 0.29) is 23.4 Å². The van der Waals surface area contributed by atoms with Crippen LogP contribution in [0.2, 0.25) is 0 Å². The highest BCUT2D eigenvalue weighted by atomic mass is 16.5. The number of amides is 1. The average molecular weight is 583 g/mol. The van der Waals surface area contributed by atoms with E-state index in [9.17, 15) is 24.6 Å². The summed E-state index contributed by atoms with van der Waals surface area (Å²) in [5, 5.41) is 23.3. The number of carbonyl (C=O) groups excluding carboxylic acids is 1. The number of ether oxygens (including phenoxy) is 1. The van der Waals surface area contributed by atoms with Crippen molar-refractivity contribution in [2.45, 2.75) is 19.4 Å². The van der Waals surface area contributed by atoms with Gasteiger partial charge in [-0.2, -0.15) is 0 Å². The van der Waals surface area contributed by atoms with Gasteiger partial charge < -0.3 is 34.6 Å². The number of fused-ring (bicyclic) bond motifs is 2. The van der Waals surface area contributed by atoms with Crippen LogP contribution in [-0.4, -0.2) is 54.8 Å². The van der Waals surface area contributed by atoms with Crippen LogP contribution >= 0.6 is 0 Å². The number of rotatable bonds is 7. The molecule has 0 unspecified atom stereocenters. The number of carboxylic acid groups (broad SMARTS) is 1. The standard InChI is InChI=1S/C33H34N4O6/c1-18-13-27(38)31(39)26(37(18)6)17-34-32(40)19-7-10-22(33(41)42)25(14-19)30-23-11-8-20(35(2)3)15-28(23)43-29-16-21(36(4)5)9-12-24(29)30/h7-16,30,39H,17H2,1-6H3,(H,34,40)(H,41,42). The van der Waals surface area contributed by atoms with Gasteiger partial charge in [0.2, 0.25) is 5.43 Å². The number of nitrogens with zero attached hydrogens (tertiary/aromatic N) is 3. The van der Waals surface area contributed by atoms with Gasteiger partial charge in [-0.25, -0.2) is 4.79 Å². The van der Waals surface area contributed by atoms with Crippen LogP contribution in [0.3, 0.4) is 0 Å². The van der Waals surface area contributed by atoms with Gasteiger partial charge in [0.1, 0.15) is 11.5 Å². The van der Waals surface area contributed by atoms with E-state index < -0.39 is 29.0 Å². The molecule has 3 N–H and O–H groups in total. The molecule has 2 heterocycles. The van der Waals surface area contributed by atoms with E-state index in [0.29, 0.717) is 22.8 Å². The second-order valence-electron chi connectivity index (χ2n) is 11.1. The maximum atomic E-state index is 13.4. The molecule has 1 aliphatic rings. The Balaban J connectivity index is 1.61. The van der Waals surface area contributed by atoms with Gasteiger partial charge >= 0.3 is 5.97 Å². The van der Waals surface area contributed by atoms with Crippen molar-refractivity contribution in [1.29, 1.82) is 0 Å². The van der Waals surface area contributed by atoms with Gasteiger partial charge in [-0.05, 0) is 42.8 Å². The predicted octanol–water partition coefficient (Wildman–Crippen LogP) is 4.45. The monoisotopic (exact) mass is 582 g/mol. The highest BCUT2D eigenvalue weighted by Gasteiger charge is 2.33. The van der Waals surface area contributed by atoms with Crippen molar-refractivity contribution in [1.82, 2.24) is 9.88 Å². The predicted molar refractivity (Wildman–Crippen MR) is 165 cm³/mol. The molecule has 1 aromatic heterocycles. The second-order valence-corrected chi connectivity index (χ2v) is 11.1. The van der Waals surface area contributed by atoms with Crippen LogP contribution < -0.4 is 25.3 Å². The number of carbonyl (C=O) groups is 2. The van der Waals surface area contributed by atoms with E-state index in [1.54, 1.807) is 24.6 Å². The number of nitrogens with one attached hydrogen (secondary N) is 1. The molecule has 4 aromatic rings. The zero-order valence-electron chi connectivity index (χ0n) is 24.9. The number of anilines is 2. The third kappa shape index (κ3) is 5.39. The fourth-order valence-corrected chi connectivity index (χ4v) is 5.35. The minimum absolute atomic E-state index is 0.0625. The number of aromatic hydroxyl groups is 1. The fourth-order valence-electron chi connectivity index (χ4n) is 5.35. The second kappa shape index (κ2) is 11.2. The Bertz CT molecular complexity index is 1770. The molecule has 0 atom stereocenters. The normalized spacial score (nSPS) is 12.1. The molecule has 222 valence electrons. The van der Waals surface area contributed by atoms with Gasteiger partial charge in [-0.15, -0.1) is 0 Å². The summed E-state index contributed by atoms with van der Waals surface area (Å²) in [6.07, 6.45) is 0. The maximum Gasteiger partial charge on any atom is 0.335 e. The smallest absolute Gasteiger partial charge is 0.335 e. The number of pyridine rings is 1. The molecule has 0 aliphatic carbocycles. The Kier molecular flexibility index (Phi) is 7.62. The zero-order valence-corrected chi connectivity index (χ0v) is 24.9. The molecule has 0 saturated heterocycles. The number of hydrogen-bond donors (Lipinski definition) is 3. The Hall–Kier alpha value is -5.25. The Morgan fingerprint density at radius 1 is 0.884 bits per heavy atom. The number of benzene rings is 3. The van der Waals surface area contributed by atoms with Gasteiger partial charge in [-0.1, -0.05) is 12.1 Å². The van der Waals surface area contributed by atoms with E-state index in [1.165, 1.54) is 18.2 Å². The van der Waals surface area contributed by atoms with Crippen LogP contribution in [-0.2, 0) is 13.6 Å². The molecule has 1 amide bonds. The molecular weight excluding hydrogens is 548 g/mol. The highest BCUT2D eigenvalue weighted by molar-refractivity contribution is 5.97. The third-order valence-electron chi connectivity index (χ3n) is 7.92. The Morgan fingerprint density at radius 2 is 1.47 bits per heavy atom. The Labute approximate surface area is 249 Å².